The van der Waals surface area contributed by atoms with E-state index >= 15 is 0 Å². The Morgan fingerprint density at radius 2 is 2.04 bits per heavy atom. The second-order valence-corrected chi connectivity index (χ2v) is 5.28. The van der Waals surface area contributed by atoms with Crippen LogP contribution in [0.1, 0.15) is 25.0 Å². The fraction of sp³-hybridized carbons (Fsp3) is 0.263. The van der Waals surface area contributed by atoms with E-state index in [0.29, 0.717) is 12.4 Å². The number of carbonyl (C=O) groups is 1. The van der Waals surface area contributed by atoms with Crippen molar-refractivity contribution in [2.45, 2.75) is 26.9 Å². The third kappa shape index (κ3) is 5.12. The van der Waals surface area contributed by atoms with Crippen molar-refractivity contribution < 1.29 is 14.3 Å². The van der Waals surface area contributed by atoms with E-state index in [2.05, 4.69) is 10.5 Å². The maximum absolute atomic E-state index is 12.1. The van der Waals surface area contributed by atoms with E-state index in [4.69, 9.17) is 9.47 Å². The van der Waals surface area contributed by atoms with E-state index in [-0.39, 0.29) is 5.91 Å². The molecule has 2 aromatic carbocycles. The van der Waals surface area contributed by atoms with Gasteiger partial charge >= 0.3 is 0 Å². The molecular formula is C19H22N2O3. The number of hydrazone groups is 1. The average Bonchev–Trinajstić information content (AvgIpc) is 2.56. The Morgan fingerprint density at radius 1 is 1.25 bits per heavy atom. The van der Waals surface area contributed by atoms with Gasteiger partial charge in [-0.15, -0.1) is 0 Å². The highest BCUT2D eigenvalue weighted by Gasteiger charge is 2.13. The summed E-state index contributed by atoms with van der Waals surface area (Å²) in [5, 5.41) is 3.98. The summed E-state index contributed by atoms with van der Waals surface area (Å²) in [5.74, 6) is 1.06. The van der Waals surface area contributed by atoms with Gasteiger partial charge in [-0.05, 0) is 50.6 Å². The third-order valence-corrected chi connectivity index (χ3v) is 3.27. The summed E-state index contributed by atoms with van der Waals surface area (Å²) in [7, 11) is 0. The van der Waals surface area contributed by atoms with Crippen molar-refractivity contribution >= 4 is 12.1 Å². The minimum Gasteiger partial charge on any atom is -0.493 e. The molecule has 0 fully saturated rings. The van der Waals surface area contributed by atoms with Crippen molar-refractivity contribution in [3.05, 3.63) is 59.7 Å². The molecule has 1 atom stereocenters. The van der Waals surface area contributed by atoms with Gasteiger partial charge < -0.3 is 9.47 Å². The zero-order valence-corrected chi connectivity index (χ0v) is 14.2. The van der Waals surface area contributed by atoms with Crippen LogP contribution in [0, 0.1) is 6.92 Å². The Kier molecular flexibility index (Phi) is 6.37. The SMILES string of the molecule is CCOc1ccccc1C=NNC(=O)C(C)Oc1cccc(C)c1. The van der Waals surface area contributed by atoms with Gasteiger partial charge in [0.2, 0.25) is 0 Å². The molecule has 2 aromatic rings. The molecule has 0 aliphatic heterocycles. The highest BCUT2D eigenvalue weighted by atomic mass is 16.5. The van der Waals surface area contributed by atoms with E-state index in [1.165, 1.54) is 0 Å². The molecule has 0 bridgehead atoms. The predicted molar refractivity (Wildman–Crippen MR) is 94.6 cm³/mol. The lowest BCUT2D eigenvalue weighted by Crippen LogP contribution is -2.33. The summed E-state index contributed by atoms with van der Waals surface area (Å²) in [5.41, 5.74) is 4.36. The monoisotopic (exact) mass is 326 g/mol. The summed E-state index contributed by atoms with van der Waals surface area (Å²) in [6.07, 6.45) is 0.911. The average molecular weight is 326 g/mol. The van der Waals surface area contributed by atoms with Crippen LogP contribution in [0.2, 0.25) is 0 Å². The summed E-state index contributed by atoms with van der Waals surface area (Å²) in [4.78, 5) is 12.1. The molecule has 0 saturated heterocycles. The molecule has 5 nitrogen and oxygen atoms in total. The Labute approximate surface area is 142 Å². The lowest BCUT2D eigenvalue weighted by molar-refractivity contribution is -0.127. The standard InChI is InChI=1S/C19H22N2O3/c1-4-23-18-11-6-5-9-16(18)13-20-21-19(22)15(3)24-17-10-7-8-14(2)12-17/h5-13,15H,4H2,1-3H3,(H,21,22). The van der Waals surface area contributed by atoms with Gasteiger partial charge in [0, 0.05) is 5.56 Å². The first kappa shape index (κ1) is 17.5. The number of hydrogen-bond donors (Lipinski definition) is 1. The number of benzene rings is 2. The van der Waals surface area contributed by atoms with Crippen LogP contribution in [0.15, 0.2) is 53.6 Å². The zero-order valence-electron chi connectivity index (χ0n) is 14.2. The molecule has 1 amide bonds. The van der Waals surface area contributed by atoms with Crippen molar-refractivity contribution in [2.75, 3.05) is 6.61 Å². The normalized spacial score (nSPS) is 12.0. The Bertz CT molecular complexity index is 713. The number of hydrogen-bond acceptors (Lipinski definition) is 4. The zero-order chi connectivity index (χ0) is 17.4. The van der Waals surface area contributed by atoms with Gasteiger partial charge in [0.1, 0.15) is 11.5 Å². The lowest BCUT2D eigenvalue weighted by atomic mass is 10.2. The van der Waals surface area contributed by atoms with Crippen LogP contribution in [0.3, 0.4) is 0 Å². The quantitative estimate of drug-likeness (QED) is 0.627. The Morgan fingerprint density at radius 3 is 2.79 bits per heavy atom. The van der Waals surface area contributed by atoms with Crippen LogP contribution in [-0.4, -0.2) is 24.8 Å². The van der Waals surface area contributed by atoms with Crippen molar-refractivity contribution in [1.29, 1.82) is 0 Å². The molecule has 0 radical (unpaired) electrons. The predicted octanol–water partition coefficient (Wildman–Crippen LogP) is 3.31. The van der Waals surface area contributed by atoms with Crippen LogP contribution in [-0.2, 0) is 4.79 Å². The van der Waals surface area contributed by atoms with E-state index in [1.54, 1.807) is 13.1 Å². The lowest BCUT2D eigenvalue weighted by Gasteiger charge is -2.13. The summed E-state index contributed by atoms with van der Waals surface area (Å²) >= 11 is 0. The number of amides is 1. The first-order valence-corrected chi connectivity index (χ1v) is 7.88. The third-order valence-electron chi connectivity index (χ3n) is 3.27. The maximum atomic E-state index is 12.1. The summed E-state index contributed by atoms with van der Waals surface area (Å²) in [6, 6.07) is 15.1. The minimum absolute atomic E-state index is 0.318. The van der Waals surface area contributed by atoms with Crippen molar-refractivity contribution in [2.24, 2.45) is 5.10 Å². The topological polar surface area (TPSA) is 59.9 Å². The molecular weight excluding hydrogens is 304 g/mol. The van der Waals surface area contributed by atoms with Crippen LogP contribution in [0.5, 0.6) is 11.5 Å². The van der Waals surface area contributed by atoms with Gasteiger partial charge in [0.15, 0.2) is 6.10 Å². The molecule has 0 saturated carbocycles. The number of nitrogens with zero attached hydrogens (tertiary/aromatic N) is 1. The van der Waals surface area contributed by atoms with Crippen LogP contribution in [0.4, 0.5) is 0 Å². The summed E-state index contributed by atoms with van der Waals surface area (Å²) in [6.45, 7) is 6.14. The van der Waals surface area contributed by atoms with E-state index in [1.807, 2.05) is 62.4 Å². The molecule has 1 unspecified atom stereocenters. The molecule has 0 aromatic heterocycles. The van der Waals surface area contributed by atoms with Crippen LogP contribution >= 0.6 is 0 Å². The number of carbonyl (C=O) groups excluding carboxylic acids is 1. The van der Waals surface area contributed by atoms with Crippen molar-refractivity contribution in [1.82, 2.24) is 5.43 Å². The van der Waals surface area contributed by atoms with Gasteiger partial charge in [0.05, 0.1) is 12.8 Å². The van der Waals surface area contributed by atoms with Gasteiger partial charge in [-0.3, -0.25) is 4.79 Å². The van der Waals surface area contributed by atoms with E-state index in [9.17, 15) is 4.79 Å². The molecule has 5 heteroatoms. The number of aryl methyl sites for hydroxylation is 1. The van der Waals surface area contributed by atoms with Gasteiger partial charge in [-0.2, -0.15) is 5.10 Å². The molecule has 0 aliphatic carbocycles. The van der Waals surface area contributed by atoms with Crippen molar-refractivity contribution in [3.63, 3.8) is 0 Å². The number of rotatable bonds is 7. The Hall–Kier alpha value is -2.82. The highest BCUT2D eigenvalue weighted by molar-refractivity contribution is 5.86. The van der Waals surface area contributed by atoms with Gasteiger partial charge in [-0.25, -0.2) is 5.43 Å². The molecule has 1 N–H and O–H groups in total. The fourth-order valence-corrected chi connectivity index (χ4v) is 2.08. The van der Waals surface area contributed by atoms with Crippen LogP contribution in [0.25, 0.3) is 0 Å². The molecule has 0 spiro atoms. The van der Waals surface area contributed by atoms with Crippen LogP contribution < -0.4 is 14.9 Å². The fourth-order valence-electron chi connectivity index (χ4n) is 2.08. The highest BCUT2D eigenvalue weighted by Crippen LogP contribution is 2.16. The first-order chi connectivity index (χ1) is 11.6. The maximum Gasteiger partial charge on any atom is 0.280 e. The number of nitrogens with one attached hydrogen (secondary N) is 1. The molecule has 0 heterocycles. The second-order valence-electron chi connectivity index (χ2n) is 5.28. The molecule has 2 rings (SSSR count). The molecule has 24 heavy (non-hydrogen) atoms. The summed E-state index contributed by atoms with van der Waals surface area (Å²) < 4.78 is 11.1. The molecule has 0 aliphatic rings. The Balaban J connectivity index is 1.92. The largest absolute Gasteiger partial charge is 0.493 e. The van der Waals surface area contributed by atoms with Gasteiger partial charge in [-0.1, -0.05) is 24.3 Å². The minimum atomic E-state index is -0.647. The second kappa shape index (κ2) is 8.72. The number of ether oxygens (including phenoxy) is 2. The van der Waals surface area contributed by atoms with E-state index < -0.39 is 6.10 Å². The van der Waals surface area contributed by atoms with Gasteiger partial charge in [0.25, 0.3) is 5.91 Å². The molecule has 126 valence electrons. The number of para-hydroxylation sites is 1. The first-order valence-electron chi connectivity index (χ1n) is 7.88. The smallest absolute Gasteiger partial charge is 0.280 e. The van der Waals surface area contributed by atoms with E-state index in [0.717, 1.165) is 16.9 Å². The van der Waals surface area contributed by atoms with Crippen molar-refractivity contribution in [3.8, 4) is 11.5 Å².